The molecule has 1 aromatic rings. The highest BCUT2D eigenvalue weighted by Gasteiger charge is 2.31. The number of likely N-dealkylation sites (N-methyl/N-ethyl adjacent to an activating group) is 1. The zero-order chi connectivity index (χ0) is 14.5. The Morgan fingerprint density at radius 2 is 1.90 bits per heavy atom. The summed E-state index contributed by atoms with van der Waals surface area (Å²) in [6, 6.07) is 3.76. The van der Waals surface area contributed by atoms with Crippen LogP contribution < -0.4 is 5.32 Å². The highest BCUT2D eigenvalue weighted by atomic mass is 16.2. The largest absolute Gasteiger partial charge is 0.370 e. The summed E-state index contributed by atoms with van der Waals surface area (Å²) in [4.78, 5) is 31.4. The van der Waals surface area contributed by atoms with Crippen molar-refractivity contribution >= 4 is 17.6 Å². The minimum atomic E-state index is -0.426. The van der Waals surface area contributed by atoms with E-state index < -0.39 is 11.8 Å². The summed E-state index contributed by atoms with van der Waals surface area (Å²) in [5, 5.41) is 3.17. The van der Waals surface area contributed by atoms with E-state index in [0.717, 1.165) is 17.9 Å². The third-order valence-corrected chi connectivity index (χ3v) is 3.38. The first-order valence-corrected chi connectivity index (χ1v) is 6.93. The zero-order valence-electron chi connectivity index (χ0n) is 11.9. The number of amides is 2. The fraction of sp³-hybridized carbons (Fsp3) is 0.500. The van der Waals surface area contributed by atoms with Crippen LogP contribution in [0.4, 0.5) is 5.82 Å². The summed E-state index contributed by atoms with van der Waals surface area (Å²) in [5.74, 6) is -0.0646. The molecule has 2 amide bonds. The molecule has 0 unspecified atom stereocenters. The smallest absolute Gasteiger partial charge is 0.312 e. The molecule has 0 atom stereocenters. The van der Waals surface area contributed by atoms with E-state index in [9.17, 15) is 9.59 Å². The number of nitrogens with one attached hydrogen (secondary N) is 1. The van der Waals surface area contributed by atoms with E-state index in [1.54, 1.807) is 16.0 Å². The van der Waals surface area contributed by atoms with Crippen molar-refractivity contribution in [2.45, 2.75) is 20.4 Å². The second-order valence-corrected chi connectivity index (χ2v) is 4.65. The van der Waals surface area contributed by atoms with Gasteiger partial charge in [-0.15, -0.1) is 0 Å². The molecule has 1 fully saturated rings. The van der Waals surface area contributed by atoms with Gasteiger partial charge in [0.05, 0.1) is 0 Å². The molecule has 108 valence electrons. The molecule has 6 nitrogen and oxygen atoms in total. The topological polar surface area (TPSA) is 65.5 Å². The van der Waals surface area contributed by atoms with Crippen LogP contribution >= 0.6 is 0 Å². The maximum Gasteiger partial charge on any atom is 0.312 e. The van der Waals surface area contributed by atoms with Crippen molar-refractivity contribution in [3.63, 3.8) is 0 Å². The van der Waals surface area contributed by atoms with Crippen molar-refractivity contribution in [2.24, 2.45) is 0 Å². The van der Waals surface area contributed by atoms with Gasteiger partial charge >= 0.3 is 11.8 Å². The van der Waals surface area contributed by atoms with Crippen LogP contribution in [0.15, 0.2) is 18.3 Å². The number of hydrogen-bond acceptors (Lipinski definition) is 4. The lowest BCUT2D eigenvalue weighted by atomic mass is 10.2. The molecule has 1 aromatic heterocycles. The Morgan fingerprint density at radius 3 is 2.60 bits per heavy atom. The molecule has 0 aliphatic carbocycles. The van der Waals surface area contributed by atoms with E-state index in [1.165, 1.54) is 0 Å². The highest BCUT2D eigenvalue weighted by Crippen LogP contribution is 2.16. The lowest BCUT2D eigenvalue weighted by Gasteiger charge is -2.33. The fourth-order valence-corrected chi connectivity index (χ4v) is 2.27. The maximum atomic E-state index is 12.1. The van der Waals surface area contributed by atoms with Gasteiger partial charge in [0.2, 0.25) is 0 Å². The lowest BCUT2D eigenvalue weighted by Crippen LogP contribution is -2.53. The molecule has 1 aliphatic heterocycles. The Morgan fingerprint density at radius 1 is 1.20 bits per heavy atom. The van der Waals surface area contributed by atoms with E-state index in [0.29, 0.717) is 26.2 Å². The van der Waals surface area contributed by atoms with Crippen LogP contribution in [0.2, 0.25) is 0 Å². The van der Waals surface area contributed by atoms with Crippen molar-refractivity contribution in [1.29, 1.82) is 0 Å². The van der Waals surface area contributed by atoms with E-state index in [4.69, 9.17) is 0 Å². The molecule has 0 saturated carbocycles. The molecule has 1 aliphatic rings. The number of aromatic nitrogens is 1. The standard InChI is InChI=1S/C14H20N4O2/c1-3-15-12-11(6-5-7-16-12)10-18-9-8-17(4-2)13(19)14(18)20/h5-7H,3-4,8-10H2,1-2H3,(H,15,16). The van der Waals surface area contributed by atoms with E-state index in [1.807, 2.05) is 26.0 Å². The van der Waals surface area contributed by atoms with Crippen LogP contribution in [0, 0.1) is 0 Å². The predicted octanol–water partition coefficient (Wildman–Crippen LogP) is 0.704. The number of carbonyl (C=O) groups is 2. The predicted molar refractivity (Wildman–Crippen MR) is 76.1 cm³/mol. The molecule has 0 aromatic carbocycles. The number of piperazine rings is 1. The molecule has 2 rings (SSSR count). The monoisotopic (exact) mass is 276 g/mol. The summed E-state index contributed by atoms with van der Waals surface area (Å²) in [5.41, 5.74) is 0.931. The van der Waals surface area contributed by atoms with Crippen molar-refractivity contribution in [1.82, 2.24) is 14.8 Å². The molecular formula is C14H20N4O2. The number of carbonyl (C=O) groups excluding carboxylic acids is 2. The second-order valence-electron chi connectivity index (χ2n) is 4.65. The van der Waals surface area contributed by atoms with Crippen LogP contribution in [0.3, 0.4) is 0 Å². The molecule has 2 heterocycles. The van der Waals surface area contributed by atoms with E-state index in [2.05, 4.69) is 10.3 Å². The van der Waals surface area contributed by atoms with Gasteiger partial charge in [-0.05, 0) is 19.9 Å². The number of hydrogen-bond donors (Lipinski definition) is 1. The number of rotatable bonds is 5. The van der Waals surface area contributed by atoms with Crippen molar-refractivity contribution in [3.8, 4) is 0 Å². The minimum Gasteiger partial charge on any atom is -0.370 e. The summed E-state index contributed by atoms with van der Waals surface area (Å²) >= 11 is 0. The first-order valence-electron chi connectivity index (χ1n) is 6.93. The van der Waals surface area contributed by atoms with Gasteiger partial charge in [0.25, 0.3) is 0 Å². The molecule has 20 heavy (non-hydrogen) atoms. The summed E-state index contributed by atoms with van der Waals surface area (Å²) < 4.78 is 0. The second kappa shape index (κ2) is 6.36. The van der Waals surface area contributed by atoms with Gasteiger partial charge in [-0.3, -0.25) is 9.59 Å². The van der Waals surface area contributed by atoms with Gasteiger partial charge in [0, 0.05) is 44.5 Å². The first kappa shape index (κ1) is 14.3. The van der Waals surface area contributed by atoms with Gasteiger partial charge in [-0.25, -0.2) is 4.98 Å². The molecule has 0 spiro atoms. The zero-order valence-corrected chi connectivity index (χ0v) is 11.9. The third kappa shape index (κ3) is 2.89. The van der Waals surface area contributed by atoms with Gasteiger partial charge < -0.3 is 15.1 Å². The van der Waals surface area contributed by atoms with Crippen molar-refractivity contribution in [3.05, 3.63) is 23.9 Å². The van der Waals surface area contributed by atoms with Gasteiger partial charge in [-0.1, -0.05) is 6.07 Å². The van der Waals surface area contributed by atoms with Crippen LogP contribution in [-0.4, -0.2) is 52.8 Å². The fourth-order valence-electron chi connectivity index (χ4n) is 2.27. The number of nitrogens with zero attached hydrogens (tertiary/aromatic N) is 3. The molecule has 0 bridgehead atoms. The van der Waals surface area contributed by atoms with E-state index in [-0.39, 0.29) is 0 Å². The summed E-state index contributed by atoms with van der Waals surface area (Å²) in [7, 11) is 0. The molecule has 6 heteroatoms. The number of pyridine rings is 1. The Balaban J connectivity index is 2.11. The van der Waals surface area contributed by atoms with Crippen LogP contribution in [0.1, 0.15) is 19.4 Å². The normalized spacial score (nSPS) is 15.7. The van der Waals surface area contributed by atoms with Gasteiger partial charge in [0.15, 0.2) is 0 Å². The molecule has 0 radical (unpaired) electrons. The Labute approximate surface area is 118 Å². The summed E-state index contributed by atoms with van der Waals surface area (Å²) in [6.45, 7) is 6.79. The minimum absolute atomic E-state index is 0.410. The highest BCUT2D eigenvalue weighted by molar-refractivity contribution is 6.35. The number of anilines is 1. The van der Waals surface area contributed by atoms with Gasteiger partial charge in [0.1, 0.15) is 5.82 Å². The Kier molecular flexibility index (Phi) is 4.55. The van der Waals surface area contributed by atoms with Crippen LogP contribution in [0.25, 0.3) is 0 Å². The quantitative estimate of drug-likeness (QED) is 0.804. The van der Waals surface area contributed by atoms with Crippen LogP contribution in [-0.2, 0) is 16.1 Å². The molecular weight excluding hydrogens is 256 g/mol. The third-order valence-electron chi connectivity index (χ3n) is 3.38. The summed E-state index contributed by atoms with van der Waals surface area (Å²) in [6.07, 6.45) is 1.71. The Hall–Kier alpha value is -2.11. The van der Waals surface area contributed by atoms with Crippen LogP contribution in [0.5, 0.6) is 0 Å². The average molecular weight is 276 g/mol. The Bertz CT molecular complexity index is 504. The SMILES string of the molecule is CCNc1ncccc1CN1CCN(CC)C(=O)C1=O. The van der Waals surface area contributed by atoms with Gasteiger partial charge in [-0.2, -0.15) is 0 Å². The average Bonchev–Trinajstić information content (AvgIpc) is 2.46. The maximum absolute atomic E-state index is 12.1. The first-order chi connectivity index (χ1) is 9.67. The van der Waals surface area contributed by atoms with Crippen molar-refractivity contribution < 1.29 is 9.59 Å². The van der Waals surface area contributed by atoms with E-state index >= 15 is 0 Å². The molecule has 1 N–H and O–H groups in total. The lowest BCUT2D eigenvalue weighted by molar-refractivity contribution is -0.156. The van der Waals surface area contributed by atoms with Crippen molar-refractivity contribution in [2.75, 3.05) is 31.5 Å². The molecule has 1 saturated heterocycles.